The predicted octanol–water partition coefficient (Wildman–Crippen LogP) is 2.94. The summed E-state index contributed by atoms with van der Waals surface area (Å²) in [6, 6.07) is 10.8. The average molecular weight is 275 g/mol. The molecule has 0 unspecified atom stereocenters. The van der Waals surface area contributed by atoms with Crippen LogP contribution in [0.1, 0.15) is 6.42 Å². The number of halogens is 1. The van der Waals surface area contributed by atoms with Crippen LogP contribution in [0.25, 0.3) is 10.8 Å². The van der Waals surface area contributed by atoms with E-state index in [1.807, 2.05) is 24.3 Å². The zero-order valence-corrected chi connectivity index (χ0v) is 10.8. The van der Waals surface area contributed by atoms with Crippen LogP contribution in [0.5, 0.6) is 0 Å². The van der Waals surface area contributed by atoms with Crippen LogP contribution < -0.4 is 10.2 Å². The predicted molar refractivity (Wildman–Crippen MR) is 74.5 cm³/mol. The van der Waals surface area contributed by atoms with Gasteiger partial charge in [0.15, 0.2) is 0 Å². The second-order valence-electron chi connectivity index (χ2n) is 4.37. The number of amides is 3. The minimum absolute atomic E-state index is 0.237. The van der Waals surface area contributed by atoms with Crippen LogP contribution in [0.2, 0.25) is 5.02 Å². The lowest BCUT2D eigenvalue weighted by Crippen LogP contribution is -2.49. The highest BCUT2D eigenvalue weighted by Crippen LogP contribution is 2.32. The Labute approximate surface area is 115 Å². The molecule has 1 saturated heterocycles. The molecule has 5 heteroatoms. The second kappa shape index (κ2) is 4.55. The Morgan fingerprint density at radius 1 is 1.05 bits per heavy atom. The summed E-state index contributed by atoms with van der Waals surface area (Å²) in [5.74, 6) is -0.237. The molecule has 1 aliphatic rings. The fourth-order valence-corrected chi connectivity index (χ4v) is 2.50. The fraction of sp³-hybridized carbons (Fsp3) is 0.143. The van der Waals surface area contributed by atoms with Crippen molar-refractivity contribution in [1.82, 2.24) is 5.32 Å². The van der Waals surface area contributed by atoms with Crippen LogP contribution in [-0.2, 0) is 4.79 Å². The molecule has 0 saturated carbocycles. The Morgan fingerprint density at radius 2 is 1.79 bits per heavy atom. The van der Waals surface area contributed by atoms with E-state index in [4.69, 9.17) is 11.6 Å². The first kappa shape index (κ1) is 12.0. The number of fused-ring (bicyclic) bond motifs is 1. The molecule has 1 fully saturated rings. The Kier molecular flexibility index (Phi) is 2.87. The van der Waals surface area contributed by atoms with Crippen molar-refractivity contribution >= 4 is 40.0 Å². The van der Waals surface area contributed by atoms with E-state index in [0.29, 0.717) is 18.0 Å². The van der Waals surface area contributed by atoms with E-state index in [1.165, 1.54) is 0 Å². The molecule has 1 N–H and O–H groups in total. The maximum Gasteiger partial charge on any atom is 0.328 e. The minimum atomic E-state index is -0.385. The quantitative estimate of drug-likeness (QED) is 0.869. The van der Waals surface area contributed by atoms with Gasteiger partial charge < -0.3 is 0 Å². The van der Waals surface area contributed by atoms with E-state index in [0.717, 1.165) is 16.5 Å². The van der Waals surface area contributed by atoms with Gasteiger partial charge in [0.25, 0.3) is 0 Å². The van der Waals surface area contributed by atoms with Crippen molar-refractivity contribution in [2.75, 3.05) is 11.4 Å². The van der Waals surface area contributed by atoms with Crippen molar-refractivity contribution in [3.8, 4) is 0 Å². The molecule has 0 atom stereocenters. The molecule has 2 aromatic rings. The molecular weight excluding hydrogens is 264 g/mol. The molecule has 1 aliphatic heterocycles. The molecule has 3 amide bonds. The zero-order valence-electron chi connectivity index (χ0n) is 10.0. The van der Waals surface area contributed by atoms with Gasteiger partial charge in [0.05, 0.1) is 5.69 Å². The minimum Gasteiger partial charge on any atom is -0.293 e. The van der Waals surface area contributed by atoms with Gasteiger partial charge >= 0.3 is 6.03 Å². The largest absolute Gasteiger partial charge is 0.328 e. The number of anilines is 1. The normalized spacial score (nSPS) is 15.7. The van der Waals surface area contributed by atoms with Gasteiger partial charge in [-0.05, 0) is 12.1 Å². The standard InChI is InChI=1S/C14H11ClN2O2/c15-11-5-6-12(10-4-2-1-3-9(10)11)17-8-7-13(18)16-14(17)19/h1-6H,7-8H2,(H,16,18,19). The Morgan fingerprint density at radius 3 is 2.53 bits per heavy atom. The van der Waals surface area contributed by atoms with E-state index in [2.05, 4.69) is 5.32 Å². The van der Waals surface area contributed by atoms with Crippen molar-refractivity contribution in [2.45, 2.75) is 6.42 Å². The molecule has 0 aliphatic carbocycles. The maximum atomic E-state index is 11.9. The van der Waals surface area contributed by atoms with E-state index in [1.54, 1.807) is 17.0 Å². The van der Waals surface area contributed by atoms with Gasteiger partial charge in [-0.1, -0.05) is 35.9 Å². The number of urea groups is 1. The number of carbonyl (C=O) groups is 2. The van der Waals surface area contributed by atoms with Crippen LogP contribution in [0.3, 0.4) is 0 Å². The lowest BCUT2D eigenvalue weighted by atomic mass is 10.1. The lowest BCUT2D eigenvalue weighted by molar-refractivity contribution is -0.120. The highest BCUT2D eigenvalue weighted by molar-refractivity contribution is 6.36. The van der Waals surface area contributed by atoms with Crippen LogP contribution in [0, 0.1) is 0 Å². The fourth-order valence-electron chi connectivity index (χ4n) is 2.28. The first-order valence-corrected chi connectivity index (χ1v) is 6.33. The molecule has 2 aromatic carbocycles. The van der Waals surface area contributed by atoms with Crippen LogP contribution in [0.4, 0.5) is 10.5 Å². The van der Waals surface area contributed by atoms with E-state index < -0.39 is 0 Å². The zero-order chi connectivity index (χ0) is 13.4. The van der Waals surface area contributed by atoms with Crippen molar-refractivity contribution in [3.63, 3.8) is 0 Å². The van der Waals surface area contributed by atoms with Gasteiger partial charge in [-0.25, -0.2) is 4.79 Å². The summed E-state index contributed by atoms with van der Waals surface area (Å²) in [5, 5.41) is 4.77. The summed E-state index contributed by atoms with van der Waals surface area (Å²) >= 11 is 6.15. The van der Waals surface area contributed by atoms with Gasteiger partial charge in [0, 0.05) is 28.8 Å². The first-order chi connectivity index (χ1) is 9.16. The number of hydrogen-bond acceptors (Lipinski definition) is 2. The van der Waals surface area contributed by atoms with Gasteiger partial charge in [0.2, 0.25) is 5.91 Å². The number of nitrogens with one attached hydrogen (secondary N) is 1. The lowest BCUT2D eigenvalue weighted by Gasteiger charge is -2.27. The topological polar surface area (TPSA) is 49.4 Å². The average Bonchev–Trinajstić information content (AvgIpc) is 2.41. The van der Waals surface area contributed by atoms with E-state index in [-0.39, 0.29) is 11.9 Å². The smallest absolute Gasteiger partial charge is 0.293 e. The van der Waals surface area contributed by atoms with Crippen LogP contribution >= 0.6 is 11.6 Å². The van der Waals surface area contributed by atoms with Crippen molar-refractivity contribution < 1.29 is 9.59 Å². The molecule has 1 heterocycles. The van der Waals surface area contributed by atoms with Gasteiger partial charge in [0.1, 0.15) is 0 Å². The van der Waals surface area contributed by atoms with E-state index >= 15 is 0 Å². The van der Waals surface area contributed by atoms with Gasteiger partial charge in [-0.3, -0.25) is 15.0 Å². The highest BCUT2D eigenvalue weighted by atomic mass is 35.5. The molecule has 0 radical (unpaired) electrons. The number of rotatable bonds is 1. The molecule has 0 bridgehead atoms. The summed E-state index contributed by atoms with van der Waals surface area (Å²) in [7, 11) is 0. The summed E-state index contributed by atoms with van der Waals surface area (Å²) in [6.45, 7) is 0.385. The molecule has 0 aromatic heterocycles. The SMILES string of the molecule is O=C1CCN(c2ccc(Cl)c3ccccc23)C(=O)N1. The van der Waals surface area contributed by atoms with Crippen molar-refractivity contribution in [3.05, 3.63) is 41.4 Å². The highest BCUT2D eigenvalue weighted by Gasteiger charge is 2.25. The van der Waals surface area contributed by atoms with Gasteiger partial charge in [-0.15, -0.1) is 0 Å². The third kappa shape index (κ3) is 2.04. The molecule has 0 spiro atoms. The third-order valence-electron chi connectivity index (χ3n) is 3.19. The van der Waals surface area contributed by atoms with Crippen molar-refractivity contribution in [1.29, 1.82) is 0 Å². The van der Waals surface area contributed by atoms with Crippen molar-refractivity contribution in [2.24, 2.45) is 0 Å². The Bertz CT molecular complexity index is 684. The maximum absolute atomic E-state index is 11.9. The van der Waals surface area contributed by atoms with Crippen LogP contribution in [0.15, 0.2) is 36.4 Å². The summed E-state index contributed by atoms with van der Waals surface area (Å²) in [6.07, 6.45) is 0.308. The third-order valence-corrected chi connectivity index (χ3v) is 3.52. The Hall–Kier alpha value is -2.07. The summed E-state index contributed by atoms with van der Waals surface area (Å²) in [5.41, 5.74) is 0.769. The molecule has 4 nitrogen and oxygen atoms in total. The monoisotopic (exact) mass is 274 g/mol. The first-order valence-electron chi connectivity index (χ1n) is 5.95. The van der Waals surface area contributed by atoms with Gasteiger partial charge in [-0.2, -0.15) is 0 Å². The second-order valence-corrected chi connectivity index (χ2v) is 4.77. The van der Waals surface area contributed by atoms with Crippen LogP contribution in [-0.4, -0.2) is 18.5 Å². The number of carbonyl (C=O) groups excluding carboxylic acids is 2. The number of imide groups is 1. The number of nitrogens with zero attached hydrogens (tertiary/aromatic N) is 1. The summed E-state index contributed by atoms with van der Waals surface area (Å²) < 4.78 is 0. The molecule has 19 heavy (non-hydrogen) atoms. The number of benzene rings is 2. The van der Waals surface area contributed by atoms with E-state index in [9.17, 15) is 9.59 Å². The molecule has 96 valence electrons. The Balaban J connectivity index is 2.13. The summed E-state index contributed by atoms with van der Waals surface area (Å²) in [4.78, 5) is 24.7. The molecular formula is C14H11ClN2O2. The number of hydrogen-bond donors (Lipinski definition) is 1. The molecule has 3 rings (SSSR count).